The molecule has 32 heavy (non-hydrogen) atoms. The minimum Gasteiger partial charge on any atom is -0.338 e. The number of likely N-dealkylation sites (tertiary alicyclic amines) is 1. The molecule has 0 aliphatic carbocycles. The molecule has 4 rings (SSSR count). The first-order valence-electron chi connectivity index (χ1n) is 10.8. The van der Waals surface area contributed by atoms with E-state index in [-0.39, 0.29) is 47.1 Å². The second-order valence-corrected chi connectivity index (χ2v) is 8.89. The van der Waals surface area contributed by atoms with Crippen LogP contribution in [0.2, 0.25) is 0 Å². The molecule has 0 spiro atoms. The van der Waals surface area contributed by atoms with Crippen LogP contribution in [0.25, 0.3) is 11.1 Å². The zero-order valence-electron chi connectivity index (χ0n) is 18.5. The summed E-state index contributed by atoms with van der Waals surface area (Å²) in [5.41, 5.74) is 0.0773. The summed E-state index contributed by atoms with van der Waals surface area (Å²) in [5.74, 6) is -0.754. The fraction of sp³-hybridized carbons (Fsp3) is 0.545. The Morgan fingerprint density at radius 1 is 1.25 bits per heavy atom. The second kappa shape index (κ2) is 8.22. The summed E-state index contributed by atoms with van der Waals surface area (Å²) in [6.07, 6.45) is -0.0830. The second-order valence-electron chi connectivity index (χ2n) is 8.89. The lowest BCUT2D eigenvalue weighted by Gasteiger charge is -2.31. The van der Waals surface area contributed by atoms with Gasteiger partial charge in [0.1, 0.15) is 0 Å². The van der Waals surface area contributed by atoms with E-state index in [9.17, 15) is 18.0 Å². The molecule has 0 radical (unpaired) electrons. The summed E-state index contributed by atoms with van der Waals surface area (Å²) < 4.78 is 48.7. The number of piperidine rings is 1. The zero-order valence-corrected chi connectivity index (χ0v) is 18.5. The van der Waals surface area contributed by atoms with Gasteiger partial charge in [-0.05, 0) is 38.7 Å². The van der Waals surface area contributed by atoms with Crippen LogP contribution in [0, 0.1) is 0 Å². The van der Waals surface area contributed by atoms with Crippen molar-refractivity contribution in [3.63, 3.8) is 0 Å². The number of nitrogens with zero attached hydrogens (tertiary/aromatic N) is 5. The molecule has 0 bridgehead atoms. The van der Waals surface area contributed by atoms with Gasteiger partial charge < -0.3 is 9.42 Å². The lowest BCUT2D eigenvalue weighted by Crippen LogP contribution is -2.39. The number of aromatic nitrogens is 4. The predicted molar refractivity (Wildman–Crippen MR) is 111 cm³/mol. The lowest BCUT2D eigenvalue weighted by atomic mass is 9.91. The number of alkyl halides is 3. The third-order valence-corrected chi connectivity index (χ3v) is 5.86. The molecule has 0 aromatic carbocycles. The van der Waals surface area contributed by atoms with Gasteiger partial charge in [-0.15, -0.1) is 0 Å². The molecular formula is C22H26F3N5O2. The van der Waals surface area contributed by atoms with Crippen LogP contribution in [0.5, 0.6) is 0 Å². The molecule has 0 unspecified atom stereocenters. The molecule has 3 aromatic heterocycles. The standard InChI is InChI=1S/C22H26F3N5O2/c1-12(2)17-8-16(22(23,24)25)18-19(28-32-20(18)27-17)14-6-5-7-29(10-14)21(31)15-9-26-30(11-15)13(3)4/h8-9,11-14H,5-7,10H2,1-4H3/t14-/m1/s1. The van der Waals surface area contributed by atoms with Gasteiger partial charge in [0.15, 0.2) is 0 Å². The molecule has 1 saturated heterocycles. The average molecular weight is 449 g/mol. The van der Waals surface area contributed by atoms with Crippen molar-refractivity contribution in [3.8, 4) is 0 Å². The van der Waals surface area contributed by atoms with Crippen LogP contribution in [0.3, 0.4) is 0 Å². The summed E-state index contributed by atoms with van der Waals surface area (Å²) in [7, 11) is 0. The number of carbonyl (C=O) groups is 1. The molecule has 1 amide bonds. The molecule has 10 heteroatoms. The molecule has 0 saturated carbocycles. The monoisotopic (exact) mass is 449 g/mol. The Balaban J connectivity index is 1.67. The molecular weight excluding hydrogens is 423 g/mol. The molecule has 172 valence electrons. The molecule has 7 nitrogen and oxygen atoms in total. The van der Waals surface area contributed by atoms with E-state index >= 15 is 0 Å². The van der Waals surface area contributed by atoms with Crippen LogP contribution in [-0.4, -0.2) is 43.8 Å². The van der Waals surface area contributed by atoms with Crippen molar-refractivity contribution < 1.29 is 22.5 Å². The number of halogens is 3. The van der Waals surface area contributed by atoms with Crippen LogP contribution in [-0.2, 0) is 6.18 Å². The van der Waals surface area contributed by atoms with Crippen molar-refractivity contribution in [1.29, 1.82) is 0 Å². The van der Waals surface area contributed by atoms with E-state index in [1.54, 1.807) is 29.6 Å². The van der Waals surface area contributed by atoms with Gasteiger partial charge in [-0.3, -0.25) is 9.48 Å². The van der Waals surface area contributed by atoms with Crippen LogP contribution in [0.1, 0.15) is 85.7 Å². The summed E-state index contributed by atoms with van der Waals surface area (Å²) in [4.78, 5) is 18.9. The van der Waals surface area contributed by atoms with Gasteiger partial charge in [0.2, 0.25) is 0 Å². The van der Waals surface area contributed by atoms with Crippen molar-refractivity contribution >= 4 is 17.0 Å². The number of carbonyl (C=O) groups excluding carboxylic acids is 1. The molecule has 1 aliphatic heterocycles. The van der Waals surface area contributed by atoms with Gasteiger partial charge in [-0.1, -0.05) is 19.0 Å². The summed E-state index contributed by atoms with van der Waals surface area (Å²) >= 11 is 0. The van der Waals surface area contributed by atoms with E-state index in [0.717, 1.165) is 6.07 Å². The Hall–Kier alpha value is -2.91. The van der Waals surface area contributed by atoms with Crippen molar-refractivity contribution in [2.45, 2.75) is 64.6 Å². The largest absolute Gasteiger partial charge is 0.417 e. The third kappa shape index (κ3) is 4.10. The summed E-state index contributed by atoms with van der Waals surface area (Å²) in [6.45, 7) is 8.27. The summed E-state index contributed by atoms with van der Waals surface area (Å²) in [6, 6.07) is 1.20. The highest BCUT2D eigenvalue weighted by Gasteiger charge is 2.38. The van der Waals surface area contributed by atoms with Gasteiger partial charge in [0, 0.05) is 36.9 Å². The van der Waals surface area contributed by atoms with Crippen molar-refractivity contribution in [2.24, 2.45) is 0 Å². The van der Waals surface area contributed by atoms with Crippen molar-refractivity contribution in [1.82, 2.24) is 24.8 Å². The van der Waals surface area contributed by atoms with Crippen molar-refractivity contribution in [2.75, 3.05) is 13.1 Å². The van der Waals surface area contributed by atoms with E-state index < -0.39 is 11.7 Å². The minimum absolute atomic E-state index is 0.103. The Morgan fingerprint density at radius 2 is 2.00 bits per heavy atom. The average Bonchev–Trinajstić information content (AvgIpc) is 3.39. The minimum atomic E-state index is -4.57. The Morgan fingerprint density at radius 3 is 2.62 bits per heavy atom. The molecule has 3 aromatic rings. The van der Waals surface area contributed by atoms with E-state index in [1.807, 2.05) is 13.8 Å². The van der Waals surface area contributed by atoms with Gasteiger partial charge >= 0.3 is 6.18 Å². The van der Waals surface area contributed by atoms with Crippen molar-refractivity contribution in [3.05, 3.63) is 41.0 Å². The Bertz CT molecular complexity index is 1130. The highest BCUT2D eigenvalue weighted by Crippen LogP contribution is 2.40. The molecule has 0 N–H and O–H groups in total. The van der Waals surface area contributed by atoms with Gasteiger partial charge in [-0.2, -0.15) is 18.3 Å². The molecule has 1 atom stereocenters. The van der Waals surface area contributed by atoms with Gasteiger partial charge in [0.05, 0.1) is 28.4 Å². The maximum Gasteiger partial charge on any atom is 0.417 e. The first-order chi connectivity index (χ1) is 15.1. The van der Waals surface area contributed by atoms with Crippen LogP contribution < -0.4 is 0 Å². The summed E-state index contributed by atoms with van der Waals surface area (Å²) in [5, 5.41) is 8.10. The number of pyridine rings is 1. The number of amides is 1. The maximum atomic E-state index is 13.9. The predicted octanol–water partition coefficient (Wildman–Crippen LogP) is 5.16. The van der Waals surface area contributed by atoms with E-state index in [4.69, 9.17) is 4.52 Å². The van der Waals surface area contributed by atoms with E-state index in [2.05, 4.69) is 15.2 Å². The fourth-order valence-corrected chi connectivity index (χ4v) is 4.09. The van der Waals surface area contributed by atoms with Crippen LogP contribution >= 0.6 is 0 Å². The maximum absolute atomic E-state index is 13.9. The lowest BCUT2D eigenvalue weighted by molar-refractivity contribution is -0.136. The van der Waals surface area contributed by atoms with E-state index in [1.165, 1.54) is 6.20 Å². The zero-order chi connectivity index (χ0) is 23.2. The third-order valence-electron chi connectivity index (χ3n) is 5.86. The van der Waals surface area contributed by atoms with Crippen LogP contribution in [0.15, 0.2) is 23.0 Å². The van der Waals surface area contributed by atoms with Gasteiger partial charge in [0.25, 0.3) is 11.6 Å². The number of fused-ring (bicyclic) bond motifs is 1. The first kappa shape index (κ1) is 22.3. The molecule has 1 aliphatic rings. The normalized spacial score (nSPS) is 17.7. The molecule has 4 heterocycles. The molecule has 1 fully saturated rings. The highest BCUT2D eigenvalue weighted by molar-refractivity contribution is 5.94. The van der Waals surface area contributed by atoms with E-state index in [0.29, 0.717) is 30.6 Å². The SMILES string of the molecule is CC(C)c1cc(C(F)(F)F)c2c([C@@H]3CCCN(C(=O)c4cnn(C(C)C)c4)C3)noc2n1. The Labute approximate surface area is 183 Å². The number of rotatable bonds is 4. The number of hydrogen-bond donors (Lipinski definition) is 0. The first-order valence-corrected chi connectivity index (χ1v) is 10.8. The fourth-order valence-electron chi connectivity index (χ4n) is 4.09. The van der Waals surface area contributed by atoms with Gasteiger partial charge in [-0.25, -0.2) is 4.98 Å². The number of hydrogen-bond acceptors (Lipinski definition) is 5. The quantitative estimate of drug-likeness (QED) is 0.550. The smallest absolute Gasteiger partial charge is 0.338 e. The topological polar surface area (TPSA) is 77.0 Å². The highest BCUT2D eigenvalue weighted by atomic mass is 19.4. The van der Waals surface area contributed by atoms with Crippen LogP contribution in [0.4, 0.5) is 13.2 Å². The Kier molecular flexibility index (Phi) is 5.72.